The van der Waals surface area contributed by atoms with Crippen molar-refractivity contribution < 1.29 is 22.6 Å². The van der Waals surface area contributed by atoms with Gasteiger partial charge in [-0.25, -0.2) is 4.98 Å². The number of nitrogen functional groups attached to an aromatic ring is 1. The second kappa shape index (κ2) is 5.65. The van der Waals surface area contributed by atoms with Crippen molar-refractivity contribution in [1.82, 2.24) is 9.97 Å². The van der Waals surface area contributed by atoms with Crippen molar-refractivity contribution in [1.29, 1.82) is 0 Å². The van der Waals surface area contributed by atoms with Gasteiger partial charge >= 0.3 is 6.36 Å². The SMILES string of the molecule is Cc1nc(Cl)nc(Oc2ccc(OC(F)(F)F)cc2)c1N. The largest absolute Gasteiger partial charge is 0.573 e. The van der Waals surface area contributed by atoms with Crippen molar-refractivity contribution >= 4 is 17.3 Å². The molecule has 1 aromatic heterocycles. The third-order valence-electron chi connectivity index (χ3n) is 2.35. The number of aryl methyl sites for hydroxylation is 1. The predicted molar refractivity (Wildman–Crippen MR) is 69.4 cm³/mol. The van der Waals surface area contributed by atoms with Gasteiger partial charge in [0.1, 0.15) is 17.2 Å². The van der Waals surface area contributed by atoms with Crippen LogP contribution in [0, 0.1) is 6.92 Å². The Labute approximate surface area is 122 Å². The van der Waals surface area contributed by atoms with E-state index in [1.54, 1.807) is 6.92 Å². The Balaban J connectivity index is 2.18. The Kier molecular flexibility index (Phi) is 4.08. The first-order valence-corrected chi connectivity index (χ1v) is 5.95. The summed E-state index contributed by atoms with van der Waals surface area (Å²) in [5.41, 5.74) is 6.35. The molecule has 21 heavy (non-hydrogen) atoms. The van der Waals surface area contributed by atoms with Crippen LogP contribution in [0.25, 0.3) is 0 Å². The summed E-state index contributed by atoms with van der Waals surface area (Å²) in [4.78, 5) is 7.64. The van der Waals surface area contributed by atoms with Crippen LogP contribution in [0.4, 0.5) is 18.9 Å². The van der Waals surface area contributed by atoms with Gasteiger partial charge in [-0.05, 0) is 42.8 Å². The summed E-state index contributed by atoms with van der Waals surface area (Å²) in [6, 6.07) is 4.78. The number of rotatable bonds is 3. The zero-order valence-corrected chi connectivity index (χ0v) is 11.4. The summed E-state index contributed by atoms with van der Waals surface area (Å²) < 4.78 is 45.2. The molecule has 0 aliphatic carbocycles. The monoisotopic (exact) mass is 319 g/mol. The Hall–Kier alpha value is -2.22. The van der Waals surface area contributed by atoms with E-state index < -0.39 is 6.36 Å². The smallest absolute Gasteiger partial charge is 0.437 e. The van der Waals surface area contributed by atoms with Crippen molar-refractivity contribution in [3.63, 3.8) is 0 Å². The molecule has 0 amide bonds. The molecule has 0 unspecified atom stereocenters. The van der Waals surface area contributed by atoms with Gasteiger partial charge in [-0.1, -0.05) is 0 Å². The number of benzene rings is 1. The van der Waals surface area contributed by atoms with E-state index >= 15 is 0 Å². The zero-order chi connectivity index (χ0) is 15.6. The molecular formula is C12H9ClF3N3O2. The molecule has 2 aromatic rings. The lowest BCUT2D eigenvalue weighted by atomic mass is 10.3. The van der Waals surface area contributed by atoms with Gasteiger partial charge in [-0.2, -0.15) is 4.98 Å². The normalized spacial score (nSPS) is 11.3. The van der Waals surface area contributed by atoms with E-state index in [4.69, 9.17) is 22.1 Å². The predicted octanol–water partition coefficient (Wildman–Crippen LogP) is 3.71. The third kappa shape index (κ3) is 4.12. The average molecular weight is 320 g/mol. The molecule has 1 aromatic carbocycles. The summed E-state index contributed by atoms with van der Waals surface area (Å²) in [6.07, 6.45) is -4.75. The molecule has 0 fully saturated rings. The molecule has 2 N–H and O–H groups in total. The molecule has 0 saturated carbocycles. The molecule has 1 heterocycles. The first kappa shape index (κ1) is 15.2. The maximum Gasteiger partial charge on any atom is 0.573 e. The molecule has 0 radical (unpaired) electrons. The Morgan fingerprint density at radius 3 is 2.24 bits per heavy atom. The zero-order valence-electron chi connectivity index (χ0n) is 10.6. The van der Waals surface area contributed by atoms with E-state index in [-0.39, 0.29) is 28.3 Å². The Morgan fingerprint density at radius 1 is 1.10 bits per heavy atom. The fourth-order valence-corrected chi connectivity index (χ4v) is 1.62. The highest BCUT2D eigenvalue weighted by Crippen LogP contribution is 2.30. The number of ether oxygens (including phenoxy) is 2. The van der Waals surface area contributed by atoms with Crippen LogP contribution in [-0.2, 0) is 0 Å². The molecule has 2 rings (SSSR count). The lowest BCUT2D eigenvalue weighted by Crippen LogP contribution is -2.16. The van der Waals surface area contributed by atoms with Crippen molar-refractivity contribution in [2.75, 3.05) is 5.73 Å². The molecule has 0 spiro atoms. The van der Waals surface area contributed by atoms with Crippen LogP contribution < -0.4 is 15.2 Å². The van der Waals surface area contributed by atoms with Gasteiger partial charge < -0.3 is 15.2 Å². The minimum absolute atomic E-state index is 0.0250. The van der Waals surface area contributed by atoms with Crippen molar-refractivity contribution in [2.24, 2.45) is 0 Å². The second-order valence-corrected chi connectivity index (χ2v) is 4.26. The lowest BCUT2D eigenvalue weighted by Gasteiger charge is -2.11. The fourth-order valence-electron chi connectivity index (χ4n) is 1.42. The number of nitrogens with zero attached hydrogens (tertiary/aromatic N) is 2. The average Bonchev–Trinajstić information content (AvgIpc) is 2.36. The fraction of sp³-hybridized carbons (Fsp3) is 0.167. The number of hydrogen-bond donors (Lipinski definition) is 1. The Bertz CT molecular complexity index is 647. The molecule has 0 atom stereocenters. The highest BCUT2D eigenvalue weighted by atomic mass is 35.5. The van der Waals surface area contributed by atoms with Gasteiger partial charge in [-0.3, -0.25) is 0 Å². The minimum Gasteiger partial charge on any atom is -0.437 e. The van der Waals surface area contributed by atoms with Crippen LogP contribution in [0.15, 0.2) is 24.3 Å². The highest BCUT2D eigenvalue weighted by Gasteiger charge is 2.31. The summed E-state index contributed by atoms with van der Waals surface area (Å²) in [6.45, 7) is 1.62. The van der Waals surface area contributed by atoms with E-state index in [0.717, 1.165) is 12.1 Å². The van der Waals surface area contributed by atoms with Gasteiger partial charge in [-0.15, -0.1) is 13.2 Å². The number of alkyl halides is 3. The molecule has 0 saturated heterocycles. The molecule has 112 valence electrons. The van der Waals surface area contributed by atoms with Crippen LogP contribution in [0.5, 0.6) is 17.4 Å². The number of nitrogens with two attached hydrogens (primary N) is 1. The summed E-state index contributed by atoms with van der Waals surface area (Å²) in [5, 5.41) is -0.0475. The van der Waals surface area contributed by atoms with Crippen molar-refractivity contribution in [3.8, 4) is 17.4 Å². The van der Waals surface area contributed by atoms with E-state index in [2.05, 4.69) is 14.7 Å². The number of halogens is 4. The van der Waals surface area contributed by atoms with Gasteiger partial charge in [0, 0.05) is 0 Å². The van der Waals surface area contributed by atoms with Gasteiger partial charge in [0.25, 0.3) is 0 Å². The molecule has 9 heteroatoms. The summed E-state index contributed by atoms with van der Waals surface area (Å²) in [5.74, 6) is -0.109. The number of hydrogen-bond acceptors (Lipinski definition) is 5. The van der Waals surface area contributed by atoms with Gasteiger partial charge in [0.2, 0.25) is 11.2 Å². The Morgan fingerprint density at radius 2 is 1.67 bits per heavy atom. The molecule has 0 aliphatic rings. The maximum atomic E-state index is 12.0. The highest BCUT2D eigenvalue weighted by molar-refractivity contribution is 6.28. The van der Waals surface area contributed by atoms with Crippen LogP contribution in [0.1, 0.15) is 5.69 Å². The van der Waals surface area contributed by atoms with E-state index in [0.29, 0.717) is 5.69 Å². The molecule has 0 bridgehead atoms. The minimum atomic E-state index is -4.75. The van der Waals surface area contributed by atoms with Gasteiger partial charge in [0.15, 0.2) is 0 Å². The quantitative estimate of drug-likeness (QED) is 0.873. The van der Waals surface area contributed by atoms with Crippen LogP contribution in [0.3, 0.4) is 0 Å². The summed E-state index contributed by atoms with van der Waals surface area (Å²) >= 11 is 5.68. The summed E-state index contributed by atoms with van der Waals surface area (Å²) in [7, 11) is 0. The van der Waals surface area contributed by atoms with Crippen molar-refractivity contribution in [3.05, 3.63) is 35.2 Å². The van der Waals surface area contributed by atoms with E-state index in [9.17, 15) is 13.2 Å². The molecule has 0 aliphatic heterocycles. The standard InChI is InChI=1S/C12H9ClF3N3O2/c1-6-9(17)10(19-11(13)18-6)20-7-2-4-8(5-3-7)21-12(14,15)16/h2-5H,17H2,1H3. The van der Waals surface area contributed by atoms with Crippen LogP contribution >= 0.6 is 11.6 Å². The third-order valence-corrected chi connectivity index (χ3v) is 2.51. The van der Waals surface area contributed by atoms with E-state index in [1.165, 1.54) is 12.1 Å². The number of aromatic nitrogens is 2. The lowest BCUT2D eigenvalue weighted by molar-refractivity contribution is -0.274. The van der Waals surface area contributed by atoms with Crippen LogP contribution in [-0.4, -0.2) is 16.3 Å². The molecular weight excluding hydrogens is 311 g/mol. The first-order valence-electron chi connectivity index (χ1n) is 5.58. The molecule has 5 nitrogen and oxygen atoms in total. The van der Waals surface area contributed by atoms with Crippen molar-refractivity contribution in [2.45, 2.75) is 13.3 Å². The first-order chi connectivity index (χ1) is 9.74. The van der Waals surface area contributed by atoms with Gasteiger partial charge in [0.05, 0.1) is 5.69 Å². The topological polar surface area (TPSA) is 70.3 Å². The van der Waals surface area contributed by atoms with E-state index in [1.807, 2.05) is 0 Å². The maximum absolute atomic E-state index is 12.0. The van der Waals surface area contributed by atoms with Crippen LogP contribution in [0.2, 0.25) is 5.28 Å². The second-order valence-electron chi connectivity index (χ2n) is 3.92. The number of anilines is 1.